The summed E-state index contributed by atoms with van der Waals surface area (Å²) in [4.78, 5) is 0. The van der Waals surface area contributed by atoms with Gasteiger partial charge in [0, 0.05) is 19.4 Å². The van der Waals surface area contributed by atoms with E-state index in [0.29, 0.717) is 6.42 Å². The van der Waals surface area contributed by atoms with E-state index in [2.05, 4.69) is 0 Å². The highest BCUT2D eigenvalue weighted by Gasteiger charge is 2.39. The number of aliphatic hydroxyl groups is 1. The maximum atomic E-state index is 8.94. The lowest BCUT2D eigenvalue weighted by molar-refractivity contribution is -0.116. The lowest BCUT2D eigenvalue weighted by Gasteiger charge is -2.43. The molecule has 1 unspecified atom stereocenters. The van der Waals surface area contributed by atoms with E-state index in [1.807, 2.05) is 36.0 Å². The Balaban J connectivity index is 1.59. The molecule has 0 radical (unpaired) electrons. The Labute approximate surface area is 131 Å². The zero-order valence-electron chi connectivity index (χ0n) is 12.4. The van der Waals surface area contributed by atoms with Gasteiger partial charge in [-0.1, -0.05) is 12.1 Å². The van der Waals surface area contributed by atoms with Gasteiger partial charge in [0.15, 0.2) is 0 Å². The SMILES string of the molecule is OCCc1ccc(OC2CCOC3(CCSCC3)C2)cc1. The number of thioether (sulfide) groups is 1. The topological polar surface area (TPSA) is 38.7 Å². The van der Waals surface area contributed by atoms with Gasteiger partial charge < -0.3 is 14.6 Å². The number of rotatable bonds is 4. The van der Waals surface area contributed by atoms with E-state index in [0.717, 1.165) is 43.6 Å². The second kappa shape index (κ2) is 7.03. The molecule has 2 aliphatic rings. The third kappa shape index (κ3) is 3.93. The molecule has 116 valence electrons. The van der Waals surface area contributed by atoms with Crippen molar-refractivity contribution in [2.45, 2.75) is 43.8 Å². The molecular weight excluding hydrogens is 284 g/mol. The van der Waals surface area contributed by atoms with E-state index in [4.69, 9.17) is 14.6 Å². The molecule has 0 saturated carbocycles. The summed E-state index contributed by atoms with van der Waals surface area (Å²) in [6.45, 7) is 1.01. The number of ether oxygens (including phenoxy) is 2. The van der Waals surface area contributed by atoms with Gasteiger partial charge in [0.2, 0.25) is 0 Å². The highest BCUT2D eigenvalue weighted by atomic mass is 32.2. The average Bonchev–Trinajstić information content (AvgIpc) is 2.50. The monoisotopic (exact) mass is 308 g/mol. The fraction of sp³-hybridized carbons (Fsp3) is 0.647. The maximum Gasteiger partial charge on any atom is 0.119 e. The van der Waals surface area contributed by atoms with Crippen molar-refractivity contribution < 1.29 is 14.6 Å². The summed E-state index contributed by atoms with van der Waals surface area (Å²) in [5.41, 5.74) is 1.22. The van der Waals surface area contributed by atoms with Crippen molar-refractivity contribution in [2.24, 2.45) is 0 Å². The van der Waals surface area contributed by atoms with Gasteiger partial charge in [-0.25, -0.2) is 0 Å². The van der Waals surface area contributed by atoms with Crippen molar-refractivity contribution in [3.05, 3.63) is 29.8 Å². The second-order valence-corrected chi connectivity index (χ2v) is 7.22. The Morgan fingerprint density at radius 1 is 1.24 bits per heavy atom. The highest BCUT2D eigenvalue weighted by molar-refractivity contribution is 7.99. The molecule has 0 amide bonds. The summed E-state index contributed by atoms with van der Waals surface area (Å²) in [5.74, 6) is 3.36. The Bertz CT molecular complexity index is 434. The van der Waals surface area contributed by atoms with Crippen LogP contribution in [-0.4, -0.2) is 41.5 Å². The first kappa shape index (κ1) is 15.2. The van der Waals surface area contributed by atoms with Gasteiger partial charge in [-0.15, -0.1) is 0 Å². The Morgan fingerprint density at radius 3 is 2.71 bits per heavy atom. The smallest absolute Gasteiger partial charge is 0.119 e. The van der Waals surface area contributed by atoms with Crippen molar-refractivity contribution >= 4 is 11.8 Å². The number of hydrogen-bond donors (Lipinski definition) is 1. The molecule has 4 heteroatoms. The van der Waals surface area contributed by atoms with Gasteiger partial charge >= 0.3 is 0 Å². The van der Waals surface area contributed by atoms with Gasteiger partial charge in [0.1, 0.15) is 11.9 Å². The van der Waals surface area contributed by atoms with E-state index in [9.17, 15) is 0 Å². The number of hydrogen-bond acceptors (Lipinski definition) is 4. The van der Waals surface area contributed by atoms with Crippen molar-refractivity contribution in [3.8, 4) is 5.75 Å². The fourth-order valence-corrected chi connectivity index (χ4v) is 4.47. The molecule has 0 aromatic heterocycles. The molecule has 2 aliphatic heterocycles. The standard InChI is InChI=1S/C17H24O3S/c18-9-5-14-1-3-15(4-2-14)20-16-6-10-19-17(13-16)7-11-21-12-8-17/h1-4,16,18H,5-13H2. The molecule has 2 fully saturated rings. The predicted molar refractivity (Wildman–Crippen MR) is 86.1 cm³/mol. The summed E-state index contributed by atoms with van der Waals surface area (Å²) in [6, 6.07) is 8.11. The van der Waals surface area contributed by atoms with Crippen LogP contribution < -0.4 is 4.74 Å². The fourth-order valence-electron chi connectivity index (χ4n) is 3.23. The Kier molecular flexibility index (Phi) is 5.09. The Hall–Kier alpha value is -0.710. The first-order valence-corrected chi connectivity index (χ1v) is 9.03. The molecule has 1 aromatic carbocycles. The van der Waals surface area contributed by atoms with Gasteiger partial charge in [-0.2, -0.15) is 11.8 Å². The van der Waals surface area contributed by atoms with Gasteiger partial charge in [0.05, 0.1) is 12.2 Å². The summed E-state index contributed by atoms with van der Waals surface area (Å²) in [7, 11) is 0. The zero-order valence-corrected chi connectivity index (χ0v) is 13.2. The van der Waals surface area contributed by atoms with Crippen LogP contribution in [0.5, 0.6) is 5.75 Å². The first-order chi connectivity index (χ1) is 10.3. The molecule has 1 aromatic rings. The van der Waals surface area contributed by atoms with E-state index in [1.54, 1.807) is 0 Å². The van der Waals surface area contributed by atoms with Gasteiger partial charge in [-0.3, -0.25) is 0 Å². The molecule has 0 aliphatic carbocycles. The van der Waals surface area contributed by atoms with Crippen LogP contribution in [0.4, 0.5) is 0 Å². The maximum absolute atomic E-state index is 8.94. The zero-order chi connectivity index (χ0) is 14.5. The second-order valence-electron chi connectivity index (χ2n) is 5.99. The van der Waals surface area contributed by atoms with E-state index in [1.165, 1.54) is 11.5 Å². The molecule has 0 bridgehead atoms. The van der Waals surface area contributed by atoms with E-state index in [-0.39, 0.29) is 18.3 Å². The summed E-state index contributed by atoms with van der Waals surface area (Å²) < 4.78 is 12.3. The molecule has 2 saturated heterocycles. The van der Waals surface area contributed by atoms with Crippen LogP contribution in [0.2, 0.25) is 0 Å². The summed E-state index contributed by atoms with van der Waals surface area (Å²) in [5, 5.41) is 8.94. The van der Waals surface area contributed by atoms with Crippen LogP contribution in [0.1, 0.15) is 31.2 Å². The molecule has 3 nitrogen and oxygen atoms in total. The van der Waals surface area contributed by atoms with Crippen molar-refractivity contribution in [3.63, 3.8) is 0 Å². The molecular formula is C17H24O3S. The van der Waals surface area contributed by atoms with Crippen molar-refractivity contribution in [1.82, 2.24) is 0 Å². The van der Waals surface area contributed by atoms with Crippen LogP contribution in [0.25, 0.3) is 0 Å². The molecule has 3 rings (SSSR count). The Morgan fingerprint density at radius 2 is 2.00 bits per heavy atom. The number of benzene rings is 1. The lowest BCUT2D eigenvalue weighted by Crippen LogP contribution is -2.46. The molecule has 1 atom stereocenters. The number of aliphatic hydroxyl groups excluding tert-OH is 1. The minimum atomic E-state index is 0.0744. The van der Waals surface area contributed by atoms with Crippen LogP contribution in [0, 0.1) is 0 Å². The molecule has 1 spiro atoms. The van der Waals surface area contributed by atoms with Crippen LogP contribution in [0.15, 0.2) is 24.3 Å². The van der Waals surface area contributed by atoms with E-state index < -0.39 is 0 Å². The van der Waals surface area contributed by atoms with E-state index >= 15 is 0 Å². The molecule has 1 N–H and O–H groups in total. The normalized spacial score (nSPS) is 24.9. The minimum Gasteiger partial charge on any atom is -0.490 e. The minimum absolute atomic E-state index is 0.0744. The quantitative estimate of drug-likeness (QED) is 0.928. The largest absolute Gasteiger partial charge is 0.490 e. The van der Waals surface area contributed by atoms with Crippen LogP contribution >= 0.6 is 11.8 Å². The third-order valence-corrected chi connectivity index (χ3v) is 5.46. The first-order valence-electron chi connectivity index (χ1n) is 7.88. The van der Waals surface area contributed by atoms with Crippen LogP contribution in [-0.2, 0) is 11.2 Å². The van der Waals surface area contributed by atoms with Crippen molar-refractivity contribution in [2.75, 3.05) is 24.7 Å². The van der Waals surface area contributed by atoms with Crippen molar-refractivity contribution in [1.29, 1.82) is 0 Å². The summed E-state index contributed by atoms with van der Waals surface area (Å²) in [6.07, 6.45) is 5.29. The van der Waals surface area contributed by atoms with Crippen LogP contribution in [0.3, 0.4) is 0 Å². The average molecular weight is 308 g/mol. The molecule has 21 heavy (non-hydrogen) atoms. The third-order valence-electron chi connectivity index (χ3n) is 4.48. The highest BCUT2D eigenvalue weighted by Crippen LogP contribution is 2.38. The molecule has 2 heterocycles. The van der Waals surface area contributed by atoms with Gasteiger partial charge in [-0.05, 0) is 48.5 Å². The lowest BCUT2D eigenvalue weighted by atomic mass is 9.86. The van der Waals surface area contributed by atoms with Gasteiger partial charge in [0.25, 0.3) is 0 Å². The summed E-state index contributed by atoms with van der Waals surface area (Å²) >= 11 is 2.03. The predicted octanol–water partition coefficient (Wildman–Crippen LogP) is 3.05.